The highest BCUT2D eigenvalue weighted by Crippen LogP contribution is 1.94. The Morgan fingerprint density at radius 3 is 2.45 bits per heavy atom. The van der Waals surface area contributed by atoms with E-state index in [4.69, 9.17) is 0 Å². The molecule has 11 heavy (non-hydrogen) atoms. The first-order valence-corrected chi connectivity index (χ1v) is 2.79. The molecule has 1 atom stereocenters. The second-order valence-corrected chi connectivity index (χ2v) is 1.48. The summed E-state index contributed by atoms with van der Waals surface area (Å²) in [5.41, 5.74) is 0. The van der Waals surface area contributed by atoms with Crippen molar-refractivity contribution in [1.29, 1.82) is 0 Å². The molecule has 0 aromatic rings. The Balaban J connectivity index is 3.85. The molecule has 0 rings (SSSR count). The van der Waals surface area contributed by atoms with E-state index < -0.39 is 12.3 Å². The summed E-state index contributed by atoms with van der Waals surface area (Å²) < 4.78 is 8.73. The Kier molecular flexibility index (Phi) is 4.47. The van der Waals surface area contributed by atoms with Crippen LogP contribution < -0.4 is 0 Å². The molecule has 0 heterocycles. The molecule has 0 aromatic carbocycles. The molecular weight excluding hydrogens is 148 g/mol. The van der Waals surface area contributed by atoms with Crippen LogP contribution in [0.25, 0.3) is 0 Å². The average molecular weight is 156 g/mol. The van der Waals surface area contributed by atoms with Crippen molar-refractivity contribution in [2.45, 2.75) is 6.29 Å². The van der Waals surface area contributed by atoms with Gasteiger partial charge in [-0.2, -0.15) is 0 Å². The summed E-state index contributed by atoms with van der Waals surface area (Å²) >= 11 is 0. The van der Waals surface area contributed by atoms with E-state index in [1.54, 1.807) is 0 Å². The Labute approximate surface area is 64.1 Å². The van der Waals surface area contributed by atoms with Gasteiger partial charge in [0.15, 0.2) is 0 Å². The van der Waals surface area contributed by atoms with Crippen LogP contribution in [0.4, 0.5) is 0 Å². The lowest BCUT2D eigenvalue weighted by Gasteiger charge is -2.08. The Hall–Kier alpha value is -1.58. The van der Waals surface area contributed by atoms with Gasteiger partial charge in [-0.1, -0.05) is 13.2 Å². The molecule has 60 valence electrons. The summed E-state index contributed by atoms with van der Waals surface area (Å²) in [5, 5.41) is 0. The Morgan fingerprint density at radius 1 is 1.45 bits per heavy atom. The summed E-state index contributed by atoms with van der Waals surface area (Å²) in [6.45, 7) is 6.60. The minimum Gasteiger partial charge on any atom is -0.423 e. The maximum atomic E-state index is 10.5. The molecule has 0 aliphatic rings. The van der Waals surface area contributed by atoms with Gasteiger partial charge >= 0.3 is 5.97 Å². The van der Waals surface area contributed by atoms with Crippen LogP contribution in [0.5, 0.6) is 0 Å². The molecule has 0 fully saturated rings. The van der Waals surface area contributed by atoms with Crippen molar-refractivity contribution in [3.8, 4) is 0 Å². The van der Waals surface area contributed by atoms with Gasteiger partial charge in [-0.3, -0.25) is 4.79 Å². The van der Waals surface area contributed by atoms with Gasteiger partial charge in [-0.15, -0.1) is 0 Å². The Morgan fingerprint density at radius 2 is 2.09 bits per heavy atom. The van der Waals surface area contributed by atoms with E-state index in [0.717, 1.165) is 6.08 Å². The SMILES string of the molecule is C=CC(=O)OC(C=C)OC=O. The molecule has 0 N–H and O–H groups in total. The highest BCUT2D eigenvalue weighted by atomic mass is 16.7. The fourth-order valence-electron chi connectivity index (χ4n) is 0.349. The molecule has 0 aliphatic heterocycles. The monoisotopic (exact) mass is 156 g/mol. The zero-order valence-corrected chi connectivity index (χ0v) is 5.86. The molecule has 0 bridgehead atoms. The predicted molar refractivity (Wildman–Crippen MR) is 37.4 cm³/mol. The highest BCUT2D eigenvalue weighted by molar-refractivity contribution is 5.81. The second-order valence-electron chi connectivity index (χ2n) is 1.48. The number of hydrogen-bond acceptors (Lipinski definition) is 4. The molecular formula is C7H8O4. The summed E-state index contributed by atoms with van der Waals surface area (Å²) in [5.74, 6) is -0.670. The molecule has 0 aliphatic carbocycles. The lowest BCUT2D eigenvalue weighted by molar-refractivity contribution is -0.166. The van der Waals surface area contributed by atoms with E-state index in [1.807, 2.05) is 0 Å². The minimum atomic E-state index is -1.03. The summed E-state index contributed by atoms with van der Waals surface area (Å²) in [6, 6.07) is 0. The van der Waals surface area contributed by atoms with E-state index in [0.29, 0.717) is 0 Å². The van der Waals surface area contributed by atoms with Gasteiger partial charge in [0.1, 0.15) is 0 Å². The van der Waals surface area contributed by atoms with E-state index in [1.165, 1.54) is 6.08 Å². The lowest BCUT2D eigenvalue weighted by Crippen LogP contribution is -2.16. The third-order valence-electron chi connectivity index (χ3n) is 0.781. The van der Waals surface area contributed by atoms with E-state index in [2.05, 4.69) is 22.6 Å². The van der Waals surface area contributed by atoms with Crippen molar-refractivity contribution in [2.24, 2.45) is 0 Å². The highest BCUT2D eigenvalue weighted by Gasteiger charge is 2.06. The average Bonchev–Trinajstić information content (AvgIpc) is 2.03. The molecule has 0 aromatic heterocycles. The third kappa shape index (κ3) is 3.91. The van der Waals surface area contributed by atoms with Crippen LogP contribution in [0.15, 0.2) is 25.3 Å². The Bertz CT molecular complexity index is 173. The van der Waals surface area contributed by atoms with E-state index in [9.17, 15) is 9.59 Å². The first-order chi connectivity index (χ1) is 5.24. The summed E-state index contributed by atoms with van der Waals surface area (Å²) in [6.07, 6.45) is 1.11. The second kappa shape index (κ2) is 5.22. The first kappa shape index (κ1) is 9.42. The van der Waals surface area contributed by atoms with E-state index >= 15 is 0 Å². The number of esters is 1. The van der Waals surface area contributed by atoms with Crippen LogP contribution >= 0.6 is 0 Å². The first-order valence-electron chi connectivity index (χ1n) is 2.79. The number of ether oxygens (including phenoxy) is 2. The fourth-order valence-corrected chi connectivity index (χ4v) is 0.349. The molecule has 0 amide bonds. The van der Waals surface area contributed by atoms with Crippen LogP contribution in [-0.2, 0) is 19.1 Å². The lowest BCUT2D eigenvalue weighted by atomic mass is 10.6. The number of carbonyl (C=O) groups is 2. The van der Waals surface area contributed by atoms with Crippen molar-refractivity contribution in [1.82, 2.24) is 0 Å². The van der Waals surface area contributed by atoms with Gasteiger partial charge in [-0.25, -0.2) is 4.79 Å². The molecule has 0 saturated heterocycles. The van der Waals surface area contributed by atoms with Crippen molar-refractivity contribution in [2.75, 3.05) is 0 Å². The maximum absolute atomic E-state index is 10.5. The van der Waals surface area contributed by atoms with Crippen LogP contribution in [0, 0.1) is 0 Å². The minimum absolute atomic E-state index is 0.169. The van der Waals surface area contributed by atoms with Crippen LogP contribution in [0.1, 0.15) is 0 Å². The normalized spacial score (nSPS) is 10.9. The topological polar surface area (TPSA) is 52.6 Å². The van der Waals surface area contributed by atoms with Crippen molar-refractivity contribution in [3.63, 3.8) is 0 Å². The maximum Gasteiger partial charge on any atom is 0.333 e. The van der Waals surface area contributed by atoms with Gasteiger partial charge in [0, 0.05) is 6.08 Å². The number of carbonyl (C=O) groups excluding carboxylic acids is 2. The zero-order chi connectivity index (χ0) is 8.69. The molecule has 0 spiro atoms. The summed E-state index contributed by atoms with van der Waals surface area (Å²) in [7, 11) is 0. The van der Waals surface area contributed by atoms with Gasteiger partial charge < -0.3 is 9.47 Å². The fraction of sp³-hybridized carbons (Fsp3) is 0.143. The van der Waals surface area contributed by atoms with Crippen LogP contribution in [-0.4, -0.2) is 18.7 Å². The molecule has 0 saturated carbocycles. The van der Waals surface area contributed by atoms with Gasteiger partial charge in [0.05, 0.1) is 0 Å². The standard InChI is InChI=1S/C7H8O4/c1-3-6(9)11-7(4-2)10-5-8/h3-5,7H,1-2H2. The van der Waals surface area contributed by atoms with Crippen molar-refractivity contribution in [3.05, 3.63) is 25.3 Å². The van der Waals surface area contributed by atoms with Gasteiger partial charge in [0.25, 0.3) is 12.8 Å². The molecule has 4 nitrogen and oxygen atoms in total. The van der Waals surface area contributed by atoms with Crippen LogP contribution in [0.2, 0.25) is 0 Å². The van der Waals surface area contributed by atoms with E-state index in [-0.39, 0.29) is 6.47 Å². The van der Waals surface area contributed by atoms with Crippen molar-refractivity contribution >= 4 is 12.4 Å². The predicted octanol–water partition coefficient (Wildman–Crippen LogP) is 0.401. The number of rotatable bonds is 5. The van der Waals surface area contributed by atoms with Gasteiger partial charge in [0.2, 0.25) is 0 Å². The smallest absolute Gasteiger partial charge is 0.333 e. The van der Waals surface area contributed by atoms with Crippen LogP contribution in [0.3, 0.4) is 0 Å². The molecule has 1 unspecified atom stereocenters. The van der Waals surface area contributed by atoms with Gasteiger partial charge in [-0.05, 0) is 6.08 Å². The largest absolute Gasteiger partial charge is 0.423 e. The molecule has 0 radical (unpaired) electrons. The zero-order valence-electron chi connectivity index (χ0n) is 5.86. The third-order valence-corrected chi connectivity index (χ3v) is 0.781. The molecule has 4 heteroatoms. The quantitative estimate of drug-likeness (QED) is 0.190. The number of hydrogen-bond donors (Lipinski definition) is 0. The summed E-state index contributed by atoms with van der Waals surface area (Å²) in [4.78, 5) is 20.2. The van der Waals surface area contributed by atoms with Crippen molar-refractivity contribution < 1.29 is 19.1 Å².